The van der Waals surface area contributed by atoms with Crippen LogP contribution in [0.1, 0.15) is 17.3 Å². The number of benzene rings is 1. The summed E-state index contributed by atoms with van der Waals surface area (Å²) in [5.41, 5.74) is -0.745. The Labute approximate surface area is 117 Å². The first-order valence-corrected chi connectivity index (χ1v) is 6.79. The number of carbonyl (C=O) groups is 1. The van der Waals surface area contributed by atoms with Gasteiger partial charge in [-0.1, -0.05) is 0 Å². The van der Waals surface area contributed by atoms with Gasteiger partial charge in [0.25, 0.3) is 5.56 Å². The lowest BCUT2D eigenvalue weighted by Gasteiger charge is -2.05. The Balaban J connectivity index is 2.33. The minimum Gasteiger partial charge on any atom is -0.313 e. The maximum atomic E-state index is 12.2. The van der Waals surface area contributed by atoms with Crippen molar-refractivity contribution in [1.82, 2.24) is 9.55 Å². The SMILES string of the molecule is CC(=O)c1c[nH]c(=O)n(-c2ccc3sccc3c2)c1=O. The number of Topliss-reactive ketones (excluding diaryl/α,β-unsaturated/α-hetero) is 1. The highest BCUT2D eigenvalue weighted by Gasteiger charge is 2.12. The van der Waals surface area contributed by atoms with E-state index >= 15 is 0 Å². The first-order valence-electron chi connectivity index (χ1n) is 5.91. The molecule has 0 amide bonds. The second-order valence-electron chi connectivity index (χ2n) is 4.35. The second kappa shape index (κ2) is 4.57. The summed E-state index contributed by atoms with van der Waals surface area (Å²) in [6.07, 6.45) is 1.16. The van der Waals surface area contributed by atoms with Crippen LogP contribution in [0.5, 0.6) is 0 Å². The number of fused-ring (bicyclic) bond motifs is 1. The zero-order valence-electron chi connectivity index (χ0n) is 10.5. The van der Waals surface area contributed by atoms with Crippen LogP contribution >= 0.6 is 11.3 Å². The molecule has 1 aromatic carbocycles. The molecular formula is C14H10N2O3S. The number of aromatic nitrogens is 2. The zero-order chi connectivity index (χ0) is 14.3. The van der Waals surface area contributed by atoms with Crippen molar-refractivity contribution in [2.24, 2.45) is 0 Å². The average molecular weight is 286 g/mol. The van der Waals surface area contributed by atoms with Crippen LogP contribution in [0.2, 0.25) is 0 Å². The molecule has 3 rings (SSSR count). The number of nitrogens with zero attached hydrogens (tertiary/aromatic N) is 1. The number of nitrogens with one attached hydrogen (secondary N) is 1. The number of hydrogen-bond acceptors (Lipinski definition) is 4. The van der Waals surface area contributed by atoms with Gasteiger partial charge in [-0.05, 0) is 42.0 Å². The van der Waals surface area contributed by atoms with E-state index in [-0.39, 0.29) is 11.3 Å². The van der Waals surface area contributed by atoms with E-state index in [9.17, 15) is 14.4 Å². The van der Waals surface area contributed by atoms with Gasteiger partial charge in [-0.25, -0.2) is 9.36 Å². The van der Waals surface area contributed by atoms with Crippen molar-refractivity contribution in [2.75, 3.05) is 0 Å². The fraction of sp³-hybridized carbons (Fsp3) is 0.0714. The third-order valence-electron chi connectivity index (χ3n) is 3.05. The molecule has 6 heteroatoms. The standard InChI is InChI=1S/C14H10N2O3S/c1-8(17)11-7-15-14(19)16(13(11)18)10-2-3-12-9(6-10)4-5-20-12/h2-7H,1H3,(H,15,19). The molecule has 0 spiro atoms. The maximum absolute atomic E-state index is 12.2. The van der Waals surface area contributed by atoms with Gasteiger partial charge in [0.1, 0.15) is 0 Å². The summed E-state index contributed by atoms with van der Waals surface area (Å²) < 4.78 is 2.05. The second-order valence-corrected chi connectivity index (χ2v) is 5.29. The van der Waals surface area contributed by atoms with E-state index in [1.165, 1.54) is 6.92 Å². The van der Waals surface area contributed by atoms with E-state index in [4.69, 9.17) is 0 Å². The van der Waals surface area contributed by atoms with E-state index in [0.29, 0.717) is 5.69 Å². The molecule has 100 valence electrons. The summed E-state index contributed by atoms with van der Waals surface area (Å²) in [6, 6.07) is 7.21. The quantitative estimate of drug-likeness (QED) is 0.732. The maximum Gasteiger partial charge on any atom is 0.333 e. The van der Waals surface area contributed by atoms with Gasteiger partial charge >= 0.3 is 5.69 Å². The number of hydrogen-bond donors (Lipinski definition) is 1. The molecule has 0 aliphatic rings. The zero-order valence-corrected chi connectivity index (χ0v) is 11.4. The van der Waals surface area contributed by atoms with Crippen LogP contribution in [0.15, 0.2) is 45.4 Å². The van der Waals surface area contributed by atoms with Crippen molar-refractivity contribution in [3.05, 3.63) is 62.2 Å². The Bertz CT molecular complexity index is 933. The monoisotopic (exact) mass is 286 g/mol. The highest BCUT2D eigenvalue weighted by atomic mass is 32.1. The lowest BCUT2D eigenvalue weighted by molar-refractivity contribution is 0.101. The largest absolute Gasteiger partial charge is 0.333 e. The van der Waals surface area contributed by atoms with Crippen molar-refractivity contribution >= 4 is 27.2 Å². The van der Waals surface area contributed by atoms with Crippen molar-refractivity contribution in [3.63, 3.8) is 0 Å². The van der Waals surface area contributed by atoms with E-state index in [1.807, 2.05) is 17.5 Å². The number of H-pyrrole nitrogens is 1. The minimum atomic E-state index is -0.601. The number of aromatic amines is 1. The summed E-state index contributed by atoms with van der Waals surface area (Å²) in [5, 5.41) is 2.89. The van der Waals surface area contributed by atoms with Gasteiger partial charge in [0.2, 0.25) is 0 Å². The fourth-order valence-corrected chi connectivity index (χ4v) is 2.82. The van der Waals surface area contributed by atoms with Crippen molar-refractivity contribution in [2.45, 2.75) is 6.92 Å². The third kappa shape index (κ3) is 1.90. The van der Waals surface area contributed by atoms with E-state index in [1.54, 1.807) is 23.5 Å². The Kier molecular flexibility index (Phi) is 2.87. The number of rotatable bonds is 2. The molecule has 2 aromatic heterocycles. The van der Waals surface area contributed by atoms with Gasteiger partial charge in [-0.3, -0.25) is 9.59 Å². The predicted molar refractivity (Wildman–Crippen MR) is 78.0 cm³/mol. The molecule has 2 heterocycles. The van der Waals surface area contributed by atoms with E-state index < -0.39 is 11.2 Å². The number of ketones is 1. The van der Waals surface area contributed by atoms with E-state index in [0.717, 1.165) is 20.9 Å². The molecule has 3 aromatic rings. The molecule has 0 aliphatic heterocycles. The van der Waals surface area contributed by atoms with Crippen LogP contribution in [-0.4, -0.2) is 15.3 Å². The Morgan fingerprint density at radius 1 is 1.25 bits per heavy atom. The summed E-state index contributed by atoms with van der Waals surface area (Å²) in [4.78, 5) is 37.9. The average Bonchev–Trinajstić information content (AvgIpc) is 2.85. The lowest BCUT2D eigenvalue weighted by atomic mass is 10.2. The predicted octanol–water partition coefficient (Wildman–Crippen LogP) is 1.94. The Morgan fingerprint density at radius 3 is 2.80 bits per heavy atom. The van der Waals surface area contributed by atoms with Gasteiger partial charge in [-0.15, -0.1) is 11.3 Å². The molecular weight excluding hydrogens is 276 g/mol. The summed E-state index contributed by atoms with van der Waals surface area (Å²) in [5.74, 6) is -0.378. The molecule has 0 bridgehead atoms. The lowest BCUT2D eigenvalue weighted by Crippen LogP contribution is -2.36. The molecule has 0 aliphatic carbocycles. The summed E-state index contributed by atoms with van der Waals surface area (Å²) in [7, 11) is 0. The highest BCUT2D eigenvalue weighted by Crippen LogP contribution is 2.22. The molecule has 0 saturated heterocycles. The van der Waals surface area contributed by atoms with Crippen molar-refractivity contribution < 1.29 is 4.79 Å². The topological polar surface area (TPSA) is 71.9 Å². The van der Waals surface area contributed by atoms with Gasteiger partial charge in [0.15, 0.2) is 5.78 Å². The first-order chi connectivity index (χ1) is 9.58. The minimum absolute atomic E-state index is 0.0324. The summed E-state index contributed by atoms with van der Waals surface area (Å²) in [6.45, 7) is 1.29. The van der Waals surface area contributed by atoms with Gasteiger partial charge in [0.05, 0.1) is 11.3 Å². The molecule has 5 nitrogen and oxygen atoms in total. The Hall–Kier alpha value is -2.47. The van der Waals surface area contributed by atoms with Gasteiger partial charge in [-0.2, -0.15) is 0 Å². The smallest absolute Gasteiger partial charge is 0.313 e. The summed E-state index contributed by atoms with van der Waals surface area (Å²) >= 11 is 1.58. The van der Waals surface area contributed by atoms with Crippen molar-refractivity contribution in [3.8, 4) is 5.69 Å². The van der Waals surface area contributed by atoms with Crippen LogP contribution in [-0.2, 0) is 0 Å². The number of carbonyl (C=O) groups excluding carboxylic acids is 1. The van der Waals surface area contributed by atoms with Crippen molar-refractivity contribution in [1.29, 1.82) is 0 Å². The van der Waals surface area contributed by atoms with Crippen LogP contribution in [0.3, 0.4) is 0 Å². The highest BCUT2D eigenvalue weighted by molar-refractivity contribution is 7.17. The van der Waals surface area contributed by atoms with E-state index in [2.05, 4.69) is 4.98 Å². The van der Waals surface area contributed by atoms with Crippen LogP contribution < -0.4 is 11.2 Å². The normalized spacial score (nSPS) is 10.8. The molecule has 0 saturated carbocycles. The molecule has 0 unspecified atom stereocenters. The molecule has 20 heavy (non-hydrogen) atoms. The Morgan fingerprint density at radius 2 is 2.05 bits per heavy atom. The third-order valence-corrected chi connectivity index (χ3v) is 3.95. The fourth-order valence-electron chi connectivity index (χ4n) is 2.05. The number of thiophene rings is 1. The van der Waals surface area contributed by atoms with Crippen LogP contribution in [0, 0.1) is 0 Å². The molecule has 1 N–H and O–H groups in total. The molecule has 0 fully saturated rings. The molecule has 0 radical (unpaired) electrons. The van der Waals surface area contributed by atoms with Crippen LogP contribution in [0.25, 0.3) is 15.8 Å². The first kappa shape index (κ1) is 12.6. The van der Waals surface area contributed by atoms with Gasteiger partial charge in [0, 0.05) is 10.9 Å². The van der Waals surface area contributed by atoms with Crippen LogP contribution in [0.4, 0.5) is 0 Å². The van der Waals surface area contributed by atoms with Gasteiger partial charge < -0.3 is 4.98 Å². The molecule has 0 atom stereocenters.